The molecule has 2 heterocycles. The van der Waals surface area contributed by atoms with Gasteiger partial charge in [-0.2, -0.15) is 0 Å². The predicted molar refractivity (Wildman–Crippen MR) is 125 cm³/mol. The van der Waals surface area contributed by atoms with Gasteiger partial charge in [0, 0.05) is 10.4 Å². The lowest BCUT2D eigenvalue weighted by atomic mass is 9.96. The summed E-state index contributed by atoms with van der Waals surface area (Å²) in [4.78, 5) is 52.7. The van der Waals surface area contributed by atoms with E-state index in [0.29, 0.717) is 10.6 Å². The number of thiophene rings is 1. The number of ether oxygens (including phenoxy) is 1. The summed E-state index contributed by atoms with van der Waals surface area (Å²) in [6.45, 7) is 7.04. The Kier molecular flexibility index (Phi) is 6.00. The minimum atomic E-state index is -0.953. The Bertz CT molecular complexity index is 1140. The average molecular weight is 470 g/mol. The summed E-state index contributed by atoms with van der Waals surface area (Å²) in [5.74, 6) is -1.38. The summed E-state index contributed by atoms with van der Waals surface area (Å²) >= 11 is 1.26. The lowest BCUT2D eigenvalue weighted by Gasteiger charge is -2.20. The van der Waals surface area contributed by atoms with E-state index in [2.05, 4.69) is 10.6 Å². The molecule has 4 amide bonds. The molecule has 0 unspecified atom stereocenters. The van der Waals surface area contributed by atoms with E-state index >= 15 is 0 Å². The zero-order valence-corrected chi connectivity index (χ0v) is 19.9. The highest BCUT2D eigenvalue weighted by atomic mass is 32.1. The Hall–Kier alpha value is -3.20. The number of nitrogens with one attached hydrogen (secondary N) is 2. The average Bonchev–Trinajstić information content (AvgIpc) is 3.53. The summed E-state index contributed by atoms with van der Waals surface area (Å²) in [6, 6.07) is 7.18. The fraction of sp³-hybridized carbons (Fsp3) is 0.417. The molecule has 0 bridgehead atoms. The van der Waals surface area contributed by atoms with Crippen LogP contribution >= 0.6 is 11.3 Å². The molecular weight excluding hydrogens is 442 g/mol. The van der Waals surface area contributed by atoms with E-state index in [4.69, 9.17) is 4.74 Å². The molecule has 2 N–H and O–H groups in total. The first-order valence-electron chi connectivity index (χ1n) is 11.0. The smallest absolute Gasteiger partial charge is 0.341 e. The molecule has 1 aromatic carbocycles. The number of benzene rings is 1. The van der Waals surface area contributed by atoms with Gasteiger partial charge in [0.2, 0.25) is 5.91 Å². The Labute approximate surface area is 196 Å². The van der Waals surface area contributed by atoms with Crippen molar-refractivity contribution in [2.45, 2.75) is 46.1 Å². The minimum absolute atomic E-state index is 0.106. The third-order valence-corrected chi connectivity index (χ3v) is 7.17. The molecule has 1 atom stereocenters. The topological polar surface area (TPSA) is 105 Å². The lowest BCUT2D eigenvalue weighted by molar-refractivity contribution is -0.134. The Morgan fingerprint density at radius 2 is 1.88 bits per heavy atom. The molecular formula is C24H27N3O5S. The van der Waals surface area contributed by atoms with Crippen LogP contribution in [0.5, 0.6) is 0 Å². The van der Waals surface area contributed by atoms with Crippen LogP contribution in [-0.2, 0) is 14.3 Å². The number of imide groups is 1. The first-order valence-corrected chi connectivity index (χ1v) is 11.8. The van der Waals surface area contributed by atoms with Gasteiger partial charge in [0.05, 0.1) is 6.61 Å². The molecule has 2 fully saturated rings. The maximum absolute atomic E-state index is 12.9. The maximum atomic E-state index is 12.9. The van der Waals surface area contributed by atoms with Crippen LogP contribution < -0.4 is 10.6 Å². The van der Waals surface area contributed by atoms with Crippen LogP contribution in [0.25, 0.3) is 11.1 Å². The maximum Gasteiger partial charge on any atom is 0.341 e. The van der Waals surface area contributed by atoms with Gasteiger partial charge >= 0.3 is 12.0 Å². The van der Waals surface area contributed by atoms with Gasteiger partial charge in [-0.3, -0.25) is 14.5 Å². The van der Waals surface area contributed by atoms with Crippen molar-refractivity contribution in [2.75, 3.05) is 18.5 Å². The molecule has 174 valence electrons. The normalized spacial score (nSPS) is 20.1. The Morgan fingerprint density at radius 3 is 2.48 bits per heavy atom. The van der Waals surface area contributed by atoms with E-state index in [9.17, 15) is 19.2 Å². The number of esters is 1. The zero-order chi connectivity index (χ0) is 23.9. The van der Waals surface area contributed by atoms with Crippen molar-refractivity contribution < 1.29 is 23.9 Å². The van der Waals surface area contributed by atoms with E-state index < -0.39 is 35.9 Å². The quantitative estimate of drug-likeness (QED) is 0.473. The van der Waals surface area contributed by atoms with Crippen molar-refractivity contribution in [3.05, 3.63) is 40.3 Å². The molecule has 1 aromatic heterocycles. The number of amides is 4. The summed E-state index contributed by atoms with van der Waals surface area (Å²) in [7, 11) is 0. The van der Waals surface area contributed by atoms with Crippen molar-refractivity contribution in [1.82, 2.24) is 10.2 Å². The SMILES string of the molecule is CCOC(=O)c1c(NC(=O)CN2C(=O)N[C@@](C)(C3CC3)C2=O)sc(C)c1-c1ccc(C)cc1. The molecule has 2 aromatic rings. The number of carbonyl (C=O) groups excluding carboxylic acids is 4. The minimum Gasteiger partial charge on any atom is -0.462 e. The molecule has 1 saturated carbocycles. The molecule has 4 rings (SSSR count). The monoisotopic (exact) mass is 469 g/mol. The molecule has 1 aliphatic carbocycles. The number of rotatable bonds is 7. The second kappa shape index (κ2) is 8.62. The highest BCUT2D eigenvalue weighted by Crippen LogP contribution is 2.43. The standard InChI is InChI=1S/C24H27N3O5S/c1-5-32-21(29)19-18(15-8-6-13(2)7-9-15)14(3)33-20(19)25-17(28)12-27-22(30)24(4,16-10-11-16)26-23(27)31/h6-9,16H,5,10-12H2,1-4H3,(H,25,28)(H,26,31)/t24-/m0/s1. The molecule has 0 radical (unpaired) electrons. The van der Waals surface area contributed by atoms with Gasteiger partial charge < -0.3 is 15.4 Å². The molecule has 33 heavy (non-hydrogen) atoms. The summed E-state index contributed by atoms with van der Waals surface area (Å²) in [6.07, 6.45) is 1.75. The highest BCUT2D eigenvalue weighted by molar-refractivity contribution is 7.17. The number of hydrogen-bond donors (Lipinski definition) is 2. The molecule has 8 nitrogen and oxygen atoms in total. The fourth-order valence-electron chi connectivity index (χ4n) is 4.20. The van der Waals surface area contributed by atoms with Gasteiger partial charge in [-0.1, -0.05) is 29.8 Å². The van der Waals surface area contributed by atoms with Crippen molar-refractivity contribution >= 4 is 40.2 Å². The zero-order valence-electron chi connectivity index (χ0n) is 19.1. The van der Waals surface area contributed by atoms with Crippen molar-refractivity contribution in [1.29, 1.82) is 0 Å². The summed E-state index contributed by atoms with van der Waals surface area (Å²) in [5.41, 5.74) is 1.95. The first-order chi connectivity index (χ1) is 15.7. The van der Waals surface area contributed by atoms with E-state index in [0.717, 1.165) is 33.7 Å². The Balaban J connectivity index is 1.60. The van der Waals surface area contributed by atoms with Crippen LogP contribution in [0.3, 0.4) is 0 Å². The lowest BCUT2D eigenvalue weighted by Crippen LogP contribution is -2.46. The molecule has 2 aliphatic rings. The number of anilines is 1. The van der Waals surface area contributed by atoms with Crippen LogP contribution in [0.1, 0.15) is 47.5 Å². The van der Waals surface area contributed by atoms with Crippen molar-refractivity contribution in [3.8, 4) is 11.1 Å². The number of nitrogens with zero attached hydrogens (tertiary/aromatic N) is 1. The van der Waals surface area contributed by atoms with Gasteiger partial charge in [-0.25, -0.2) is 9.59 Å². The number of carbonyl (C=O) groups is 4. The van der Waals surface area contributed by atoms with E-state index in [1.165, 1.54) is 11.3 Å². The van der Waals surface area contributed by atoms with Gasteiger partial charge in [-0.05, 0) is 52.0 Å². The molecule has 0 spiro atoms. The second-order valence-corrected chi connectivity index (χ2v) is 9.89. The molecule has 9 heteroatoms. The van der Waals surface area contributed by atoms with Crippen LogP contribution in [0.4, 0.5) is 9.80 Å². The van der Waals surface area contributed by atoms with Crippen LogP contribution in [-0.4, -0.2) is 47.4 Å². The van der Waals surface area contributed by atoms with E-state index in [1.807, 2.05) is 38.1 Å². The summed E-state index contributed by atoms with van der Waals surface area (Å²) < 4.78 is 5.27. The van der Waals surface area contributed by atoms with Gasteiger partial charge in [0.1, 0.15) is 22.6 Å². The fourth-order valence-corrected chi connectivity index (χ4v) is 5.29. The van der Waals surface area contributed by atoms with Crippen molar-refractivity contribution in [3.63, 3.8) is 0 Å². The van der Waals surface area contributed by atoms with Gasteiger partial charge in [0.15, 0.2) is 0 Å². The largest absolute Gasteiger partial charge is 0.462 e. The molecule has 1 saturated heterocycles. The van der Waals surface area contributed by atoms with Crippen LogP contribution in [0.2, 0.25) is 0 Å². The number of hydrogen-bond acceptors (Lipinski definition) is 6. The van der Waals surface area contributed by atoms with Crippen LogP contribution in [0.15, 0.2) is 24.3 Å². The number of urea groups is 1. The number of aryl methyl sites for hydroxylation is 2. The first kappa shape index (κ1) is 23.0. The van der Waals surface area contributed by atoms with E-state index in [1.54, 1.807) is 13.8 Å². The third-order valence-electron chi connectivity index (χ3n) is 6.15. The van der Waals surface area contributed by atoms with Crippen molar-refractivity contribution in [2.24, 2.45) is 5.92 Å². The van der Waals surface area contributed by atoms with Crippen LogP contribution in [0, 0.1) is 19.8 Å². The second-order valence-electron chi connectivity index (χ2n) is 8.67. The summed E-state index contributed by atoms with van der Waals surface area (Å²) in [5, 5.41) is 5.81. The Morgan fingerprint density at radius 1 is 1.21 bits per heavy atom. The van der Waals surface area contributed by atoms with Gasteiger partial charge in [0.25, 0.3) is 5.91 Å². The van der Waals surface area contributed by atoms with Gasteiger partial charge in [-0.15, -0.1) is 11.3 Å². The highest BCUT2D eigenvalue weighted by Gasteiger charge is 2.56. The molecule has 1 aliphatic heterocycles. The van der Waals surface area contributed by atoms with E-state index in [-0.39, 0.29) is 18.1 Å². The third kappa shape index (κ3) is 4.25. The predicted octanol–water partition coefficient (Wildman–Crippen LogP) is 3.87.